The molecule has 2 aromatic carbocycles. The number of hydrogen-bond acceptors (Lipinski definition) is 9. The highest BCUT2D eigenvalue weighted by Gasteiger charge is 2.31. The number of amides is 1. The summed E-state index contributed by atoms with van der Waals surface area (Å²) in [5.41, 5.74) is 10.9. The van der Waals surface area contributed by atoms with Crippen molar-refractivity contribution >= 4 is 34.9 Å². The number of ether oxygens (including phenoxy) is 2. The summed E-state index contributed by atoms with van der Waals surface area (Å²) in [7, 11) is 1.23. The highest BCUT2D eigenvalue weighted by Crippen LogP contribution is 2.42. The molecule has 2 aromatic rings. The smallest absolute Gasteiger partial charge is 0.331 e. The standard InChI is InChI=1S/C23H27N3O5.C3H7NO/c1-23(2,3)16-8-7-11-19(22(16)29)26-24-17-9-5-6-10-18(17)25(26)14-15-31-21(28)13-12-20(27)30-4;1-2-3(4)5/h5-13,24,29H,14-15H2,1-4H3;2H2,1H3,(H2,4,5). The van der Waals surface area contributed by atoms with Gasteiger partial charge >= 0.3 is 11.9 Å². The molecular formula is C26H34N4O6. The molecule has 1 aliphatic rings. The Hall–Kier alpha value is -4.21. The van der Waals surface area contributed by atoms with Crippen molar-refractivity contribution in [1.29, 1.82) is 0 Å². The summed E-state index contributed by atoms with van der Waals surface area (Å²) in [5.74, 6) is -1.34. The molecular weight excluding hydrogens is 464 g/mol. The van der Waals surface area contributed by atoms with Crippen LogP contribution in [0.1, 0.15) is 39.7 Å². The third kappa shape index (κ3) is 7.39. The Kier molecular flexibility index (Phi) is 9.72. The number of nitrogens with two attached hydrogens (primary N) is 1. The fourth-order valence-electron chi connectivity index (χ4n) is 3.28. The molecule has 1 amide bonds. The van der Waals surface area contributed by atoms with E-state index in [1.807, 2.05) is 68.2 Å². The number of hydrogen-bond donors (Lipinski definition) is 3. The van der Waals surface area contributed by atoms with Crippen LogP contribution >= 0.6 is 0 Å². The molecule has 0 unspecified atom stereocenters. The second kappa shape index (κ2) is 12.5. The van der Waals surface area contributed by atoms with E-state index < -0.39 is 11.9 Å². The number of benzene rings is 2. The molecule has 194 valence electrons. The summed E-state index contributed by atoms with van der Waals surface area (Å²) in [6.07, 6.45) is 2.48. The van der Waals surface area contributed by atoms with Gasteiger partial charge in [0.15, 0.2) is 0 Å². The van der Waals surface area contributed by atoms with E-state index in [9.17, 15) is 19.5 Å². The van der Waals surface area contributed by atoms with Gasteiger partial charge in [-0.15, -0.1) is 0 Å². The van der Waals surface area contributed by atoms with Gasteiger partial charge in [0, 0.05) is 24.1 Å². The molecule has 0 aromatic heterocycles. The van der Waals surface area contributed by atoms with E-state index in [0.717, 1.165) is 29.1 Å². The van der Waals surface area contributed by atoms with Gasteiger partial charge < -0.3 is 20.3 Å². The van der Waals surface area contributed by atoms with E-state index in [0.29, 0.717) is 18.7 Å². The van der Waals surface area contributed by atoms with Gasteiger partial charge in [0.2, 0.25) is 5.91 Å². The number of rotatable bonds is 7. The molecule has 0 radical (unpaired) electrons. The normalized spacial score (nSPS) is 12.4. The number of aromatic hydroxyl groups is 1. The number of esters is 2. The van der Waals surface area contributed by atoms with Gasteiger partial charge in [0.1, 0.15) is 18.0 Å². The van der Waals surface area contributed by atoms with Gasteiger partial charge in [-0.05, 0) is 23.6 Å². The number of hydrazine groups is 2. The van der Waals surface area contributed by atoms with Crippen LogP contribution in [-0.4, -0.2) is 43.2 Å². The van der Waals surface area contributed by atoms with Crippen molar-refractivity contribution in [2.24, 2.45) is 5.73 Å². The highest BCUT2D eigenvalue weighted by molar-refractivity contribution is 5.91. The van der Waals surface area contributed by atoms with Crippen LogP contribution in [-0.2, 0) is 29.3 Å². The quantitative estimate of drug-likeness (QED) is 0.388. The SMILES string of the molecule is CCC(N)=O.COC(=O)C=CC(=O)OCCN1c2ccccc2NN1c1cccc(C(C)(C)C)c1O. The second-order valence-corrected chi connectivity index (χ2v) is 8.83. The van der Waals surface area contributed by atoms with Crippen molar-refractivity contribution in [1.82, 2.24) is 0 Å². The average molecular weight is 499 g/mol. The van der Waals surface area contributed by atoms with Crippen LogP contribution in [0.25, 0.3) is 0 Å². The summed E-state index contributed by atoms with van der Waals surface area (Å²) < 4.78 is 9.67. The number of anilines is 3. The molecule has 0 fully saturated rings. The highest BCUT2D eigenvalue weighted by atomic mass is 16.5. The number of para-hydroxylation sites is 3. The Bertz CT molecular complexity index is 1110. The molecule has 10 heteroatoms. The summed E-state index contributed by atoms with van der Waals surface area (Å²) in [4.78, 5) is 32.5. The molecule has 1 heterocycles. The fourth-order valence-corrected chi connectivity index (χ4v) is 3.28. The third-order valence-electron chi connectivity index (χ3n) is 5.15. The Balaban J connectivity index is 0.000000830. The Morgan fingerprint density at radius 2 is 1.64 bits per heavy atom. The minimum absolute atomic E-state index is 0.0661. The predicted molar refractivity (Wildman–Crippen MR) is 138 cm³/mol. The Labute approximate surface area is 211 Å². The minimum Gasteiger partial charge on any atom is -0.505 e. The lowest BCUT2D eigenvalue weighted by molar-refractivity contribution is -0.139. The van der Waals surface area contributed by atoms with E-state index in [-0.39, 0.29) is 23.7 Å². The lowest BCUT2D eigenvalue weighted by atomic mass is 9.86. The van der Waals surface area contributed by atoms with E-state index in [1.165, 1.54) is 7.11 Å². The van der Waals surface area contributed by atoms with Crippen molar-refractivity contribution in [3.05, 3.63) is 60.2 Å². The molecule has 10 nitrogen and oxygen atoms in total. The summed E-state index contributed by atoms with van der Waals surface area (Å²) in [6, 6.07) is 13.3. The average Bonchev–Trinajstić information content (AvgIpc) is 3.20. The van der Waals surface area contributed by atoms with Crippen LogP contribution in [0.15, 0.2) is 54.6 Å². The van der Waals surface area contributed by atoms with Crippen LogP contribution in [0, 0.1) is 0 Å². The molecule has 4 N–H and O–H groups in total. The maximum atomic E-state index is 11.8. The maximum absolute atomic E-state index is 11.8. The molecule has 0 bridgehead atoms. The molecule has 0 spiro atoms. The largest absolute Gasteiger partial charge is 0.505 e. The first-order valence-corrected chi connectivity index (χ1v) is 11.5. The number of carbonyl (C=O) groups excluding carboxylic acids is 3. The van der Waals surface area contributed by atoms with Gasteiger partial charge in [-0.25, -0.2) is 9.59 Å². The first-order valence-electron chi connectivity index (χ1n) is 11.5. The van der Waals surface area contributed by atoms with Crippen molar-refractivity contribution in [3.8, 4) is 5.75 Å². The molecule has 0 saturated heterocycles. The molecule has 1 aliphatic heterocycles. The second-order valence-electron chi connectivity index (χ2n) is 8.83. The number of primary amides is 1. The van der Waals surface area contributed by atoms with Crippen LogP contribution in [0.5, 0.6) is 5.75 Å². The first kappa shape index (κ1) is 28.0. The van der Waals surface area contributed by atoms with Crippen LogP contribution in [0.2, 0.25) is 0 Å². The van der Waals surface area contributed by atoms with Gasteiger partial charge in [0.25, 0.3) is 0 Å². The zero-order chi connectivity index (χ0) is 26.9. The van der Waals surface area contributed by atoms with Gasteiger partial charge in [0.05, 0.1) is 25.0 Å². The maximum Gasteiger partial charge on any atom is 0.331 e. The molecule has 3 rings (SSSR count). The Morgan fingerprint density at radius 3 is 2.25 bits per heavy atom. The number of phenols is 1. The minimum atomic E-state index is -0.644. The number of nitrogens with zero attached hydrogens (tertiary/aromatic N) is 2. The van der Waals surface area contributed by atoms with Crippen molar-refractivity contribution in [2.75, 3.05) is 35.8 Å². The topological polar surface area (TPSA) is 134 Å². The lowest BCUT2D eigenvalue weighted by Gasteiger charge is -2.32. The lowest BCUT2D eigenvalue weighted by Crippen LogP contribution is -2.44. The van der Waals surface area contributed by atoms with Crippen molar-refractivity contribution in [2.45, 2.75) is 39.5 Å². The van der Waals surface area contributed by atoms with Crippen LogP contribution in [0.4, 0.5) is 17.1 Å². The number of carbonyl (C=O) groups is 3. The monoisotopic (exact) mass is 498 g/mol. The van der Waals surface area contributed by atoms with Crippen molar-refractivity contribution < 1.29 is 29.0 Å². The first-order chi connectivity index (χ1) is 17.0. The summed E-state index contributed by atoms with van der Waals surface area (Å²) >= 11 is 0. The van der Waals surface area contributed by atoms with Crippen LogP contribution < -0.4 is 21.3 Å². The molecule has 0 saturated carbocycles. The van der Waals surface area contributed by atoms with Gasteiger partial charge in [-0.1, -0.05) is 52.0 Å². The number of methoxy groups -OCH3 is 1. The number of phenolic OH excluding ortho intramolecular Hbond substituents is 1. The molecule has 36 heavy (non-hydrogen) atoms. The van der Waals surface area contributed by atoms with Gasteiger partial charge in [-0.2, -0.15) is 5.12 Å². The molecule has 0 aliphatic carbocycles. The van der Waals surface area contributed by atoms with Crippen molar-refractivity contribution in [3.63, 3.8) is 0 Å². The van der Waals surface area contributed by atoms with Crippen LogP contribution in [0.3, 0.4) is 0 Å². The number of nitrogens with one attached hydrogen (secondary N) is 1. The van der Waals surface area contributed by atoms with E-state index in [1.54, 1.807) is 12.0 Å². The zero-order valence-electron chi connectivity index (χ0n) is 21.3. The van der Waals surface area contributed by atoms with Gasteiger partial charge in [-0.3, -0.25) is 15.2 Å². The van der Waals surface area contributed by atoms with E-state index in [2.05, 4.69) is 15.9 Å². The predicted octanol–water partition coefficient (Wildman–Crippen LogP) is 3.41. The number of fused-ring (bicyclic) bond motifs is 1. The summed E-state index contributed by atoms with van der Waals surface area (Å²) in [6.45, 7) is 8.23. The summed E-state index contributed by atoms with van der Waals surface area (Å²) in [5, 5.41) is 14.6. The third-order valence-corrected chi connectivity index (χ3v) is 5.15. The van der Waals surface area contributed by atoms with E-state index >= 15 is 0 Å². The fraction of sp³-hybridized carbons (Fsp3) is 0.346. The molecule has 0 atom stereocenters. The zero-order valence-corrected chi connectivity index (χ0v) is 21.3. The van der Waals surface area contributed by atoms with E-state index in [4.69, 9.17) is 4.74 Å². The Morgan fingerprint density at radius 1 is 1.03 bits per heavy atom.